The molecule has 1 fully saturated rings. The Bertz CT molecular complexity index is 503. The third kappa shape index (κ3) is 4.38. The van der Waals surface area contributed by atoms with Crippen LogP contribution in [-0.2, 0) is 14.9 Å². The normalized spacial score (nSPS) is 20.0. The number of halogens is 1. The zero-order valence-electron chi connectivity index (χ0n) is 14.5. The van der Waals surface area contributed by atoms with Crippen LogP contribution < -0.4 is 10.1 Å². The lowest BCUT2D eigenvalue weighted by atomic mass is 9.73. The summed E-state index contributed by atoms with van der Waals surface area (Å²) >= 11 is 6.26. The predicted octanol–water partition coefficient (Wildman–Crippen LogP) is 3.41. The SMILES string of the molecule is COc1ccc(Cl)cc1C1(CNC(C)C(C)OC)CCOCC1. The fourth-order valence-electron chi connectivity index (χ4n) is 3.12. The molecule has 0 radical (unpaired) electrons. The molecule has 1 aliphatic rings. The van der Waals surface area contributed by atoms with Crippen LogP contribution in [0.15, 0.2) is 18.2 Å². The Hall–Kier alpha value is -0.810. The van der Waals surface area contributed by atoms with E-state index in [1.54, 1.807) is 14.2 Å². The van der Waals surface area contributed by atoms with Gasteiger partial charge in [-0.2, -0.15) is 0 Å². The predicted molar refractivity (Wildman–Crippen MR) is 93.7 cm³/mol. The maximum absolute atomic E-state index is 6.26. The highest BCUT2D eigenvalue weighted by molar-refractivity contribution is 6.30. The molecule has 0 aliphatic carbocycles. The number of hydrogen-bond acceptors (Lipinski definition) is 4. The fraction of sp³-hybridized carbons (Fsp3) is 0.667. The molecule has 1 saturated heterocycles. The Morgan fingerprint density at radius 3 is 2.57 bits per heavy atom. The smallest absolute Gasteiger partial charge is 0.122 e. The summed E-state index contributed by atoms with van der Waals surface area (Å²) in [4.78, 5) is 0. The average Bonchev–Trinajstić information content (AvgIpc) is 2.59. The summed E-state index contributed by atoms with van der Waals surface area (Å²) < 4.78 is 16.6. The third-order valence-electron chi connectivity index (χ3n) is 5.02. The van der Waals surface area contributed by atoms with Crippen molar-refractivity contribution in [1.82, 2.24) is 5.32 Å². The molecule has 1 N–H and O–H groups in total. The lowest BCUT2D eigenvalue weighted by Gasteiger charge is -2.40. The van der Waals surface area contributed by atoms with Crippen LogP contribution in [0.4, 0.5) is 0 Å². The van der Waals surface area contributed by atoms with Crippen molar-refractivity contribution in [2.24, 2.45) is 0 Å². The van der Waals surface area contributed by atoms with Crippen molar-refractivity contribution in [3.63, 3.8) is 0 Å². The van der Waals surface area contributed by atoms with Crippen LogP contribution in [0.1, 0.15) is 32.3 Å². The highest BCUT2D eigenvalue weighted by Crippen LogP contribution is 2.40. The molecular formula is C18H28ClNO3. The number of ether oxygens (including phenoxy) is 3. The van der Waals surface area contributed by atoms with Gasteiger partial charge in [-0.15, -0.1) is 0 Å². The van der Waals surface area contributed by atoms with E-state index in [9.17, 15) is 0 Å². The Kier molecular flexibility index (Phi) is 6.72. The van der Waals surface area contributed by atoms with E-state index >= 15 is 0 Å². The summed E-state index contributed by atoms with van der Waals surface area (Å²) in [5, 5.41) is 4.37. The molecule has 0 bridgehead atoms. The molecule has 4 nitrogen and oxygen atoms in total. The van der Waals surface area contributed by atoms with Crippen molar-refractivity contribution in [1.29, 1.82) is 0 Å². The average molecular weight is 342 g/mol. The molecule has 2 rings (SSSR count). The minimum Gasteiger partial charge on any atom is -0.496 e. The van der Waals surface area contributed by atoms with Gasteiger partial charge in [-0.3, -0.25) is 0 Å². The molecule has 5 heteroatoms. The molecule has 1 aromatic rings. The molecule has 0 spiro atoms. The Balaban J connectivity index is 2.27. The zero-order valence-corrected chi connectivity index (χ0v) is 15.3. The van der Waals surface area contributed by atoms with E-state index in [1.165, 1.54) is 5.56 Å². The summed E-state index contributed by atoms with van der Waals surface area (Å²) in [7, 11) is 3.45. The summed E-state index contributed by atoms with van der Waals surface area (Å²) in [6.07, 6.45) is 2.06. The summed E-state index contributed by atoms with van der Waals surface area (Å²) in [5.41, 5.74) is 1.14. The molecule has 0 aromatic heterocycles. The van der Waals surface area contributed by atoms with Gasteiger partial charge in [0, 0.05) is 48.9 Å². The first-order valence-electron chi connectivity index (χ1n) is 8.20. The van der Waals surface area contributed by atoms with Crippen molar-refractivity contribution in [3.05, 3.63) is 28.8 Å². The van der Waals surface area contributed by atoms with Gasteiger partial charge in [0.1, 0.15) is 5.75 Å². The number of rotatable bonds is 7. The van der Waals surface area contributed by atoms with Crippen molar-refractivity contribution in [2.75, 3.05) is 34.0 Å². The van der Waals surface area contributed by atoms with E-state index < -0.39 is 0 Å². The standard InChI is InChI=1S/C18H28ClNO3/c1-13(14(2)21-3)20-12-18(7-9-23-10-8-18)16-11-15(19)5-6-17(16)22-4/h5-6,11,13-14,20H,7-10,12H2,1-4H3. The van der Waals surface area contributed by atoms with Gasteiger partial charge < -0.3 is 19.5 Å². The van der Waals surface area contributed by atoms with E-state index in [1.807, 2.05) is 18.2 Å². The number of hydrogen-bond donors (Lipinski definition) is 1. The zero-order chi connectivity index (χ0) is 16.9. The third-order valence-corrected chi connectivity index (χ3v) is 5.26. The first-order chi connectivity index (χ1) is 11.0. The van der Waals surface area contributed by atoms with Crippen LogP contribution in [0.2, 0.25) is 5.02 Å². The second-order valence-electron chi connectivity index (χ2n) is 6.35. The Morgan fingerprint density at radius 1 is 1.26 bits per heavy atom. The van der Waals surface area contributed by atoms with Gasteiger partial charge in [0.25, 0.3) is 0 Å². The van der Waals surface area contributed by atoms with Crippen molar-refractivity contribution in [3.8, 4) is 5.75 Å². The minimum atomic E-state index is -0.0315. The molecule has 0 amide bonds. The lowest BCUT2D eigenvalue weighted by Crippen LogP contribution is -2.48. The first kappa shape index (κ1) is 18.5. The number of nitrogens with one attached hydrogen (secondary N) is 1. The topological polar surface area (TPSA) is 39.7 Å². The second kappa shape index (κ2) is 8.34. The molecular weight excluding hydrogens is 314 g/mol. The molecule has 0 saturated carbocycles. The van der Waals surface area contributed by atoms with Crippen molar-refractivity contribution < 1.29 is 14.2 Å². The molecule has 130 valence electrons. The Labute approximate surface area is 144 Å². The quantitative estimate of drug-likeness (QED) is 0.825. The monoisotopic (exact) mass is 341 g/mol. The van der Waals surface area contributed by atoms with Crippen molar-refractivity contribution in [2.45, 2.75) is 44.2 Å². The maximum atomic E-state index is 6.26. The van der Waals surface area contributed by atoms with Gasteiger partial charge in [-0.1, -0.05) is 11.6 Å². The molecule has 1 aromatic carbocycles. The van der Waals surface area contributed by atoms with Gasteiger partial charge >= 0.3 is 0 Å². The van der Waals surface area contributed by atoms with Gasteiger partial charge in [0.15, 0.2) is 0 Å². The minimum absolute atomic E-state index is 0.0315. The highest BCUT2D eigenvalue weighted by atomic mass is 35.5. The van der Waals surface area contributed by atoms with Gasteiger partial charge in [-0.05, 0) is 44.9 Å². The van der Waals surface area contributed by atoms with Crippen LogP contribution in [-0.4, -0.2) is 46.1 Å². The van der Waals surface area contributed by atoms with E-state index in [0.29, 0.717) is 0 Å². The van der Waals surface area contributed by atoms with Crippen LogP contribution in [0, 0.1) is 0 Å². The Morgan fingerprint density at radius 2 is 1.96 bits per heavy atom. The van der Waals surface area contributed by atoms with Crippen LogP contribution in [0.5, 0.6) is 5.75 Å². The van der Waals surface area contributed by atoms with Crippen LogP contribution in [0.25, 0.3) is 0 Å². The van der Waals surface area contributed by atoms with Crippen molar-refractivity contribution >= 4 is 11.6 Å². The first-order valence-corrected chi connectivity index (χ1v) is 8.58. The van der Waals surface area contributed by atoms with Crippen LogP contribution >= 0.6 is 11.6 Å². The molecule has 1 heterocycles. The second-order valence-corrected chi connectivity index (χ2v) is 6.78. The molecule has 1 aliphatic heterocycles. The maximum Gasteiger partial charge on any atom is 0.122 e. The van der Waals surface area contributed by atoms with E-state index in [0.717, 1.165) is 43.4 Å². The van der Waals surface area contributed by atoms with Gasteiger partial charge in [0.05, 0.1) is 13.2 Å². The summed E-state index contributed by atoms with van der Waals surface area (Å²) in [6, 6.07) is 6.14. The van der Waals surface area contributed by atoms with Gasteiger partial charge in [0.2, 0.25) is 0 Å². The molecule has 23 heavy (non-hydrogen) atoms. The molecule has 2 unspecified atom stereocenters. The van der Waals surface area contributed by atoms with Gasteiger partial charge in [-0.25, -0.2) is 0 Å². The summed E-state index contributed by atoms with van der Waals surface area (Å²) in [6.45, 7) is 6.59. The van der Waals surface area contributed by atoms with E-state index in [4.69, 9.17) is 25.8 Å². The van der Waals surface area contributed by atoms with Crippen LogP contribution in [0.3, 0.4) is 0 Å². The number of methoxy groups -OCH3 is 2. The fourth-order valence-corrected chi connectivity index (χ4v) is 3.30. The highest BCUT2D eigenvalue weighted by Gasteiger charge is 2.37. The number of benzene rings is 1. The van der Waals surface area contributed by atoms with E-state index in [2.05, 4.69) is 19.2 Å². The molecule has 2 atom stereocenters. The largest absolute Gasteiger partial charge is 0.496 e. The summed E-state index contributed by atoms with van der Waals surface area (Å²) in [5.74, 6) is 0.894. The lowest BCUT2D eigenvalue weighted by molar-refractivity contribution is 0.0421. The van der Waals surface area contributed by atoms with E-state index in [-0.39, 0.29) is 17.6 Å².